The Morgan fingerprint density at radius 2 is 1.73 bits per heavy atom. The van der Waals surface area contributed by atoms with Gasteiger partial charge in [0.1, 0.15) is 12.3 Å². The van der Waals surface area contributed by atoms with Crippen molar-refractivity contribution in [2.24, 2.45) is 11.0 Å². The lowest BCUT2D eigenvalue weighted by atomic mass is 9.94. The number of hydrogen-bond acceptors (Lipinski definition) is 5. The summed E-state index contributed by atoms with van der Waals surface area (Å²) in [6.07, 6.45) is 1.97. The summed E-state index contributed by atoms with van der Waals surface area (Å²) < 4.78 is 0.252. The number of carboxylic acid groups (broad SMARTS) is 1. The molecule has 0 aliphatic carbocycles. The maximum Gasteiger partial charge on any atom is 0.344 e. The SMILES string of the molecule is CCCC[N+]1(C)N=C(C(C)C)C(C(=O)O)=C1c1ccc(-c2ccccc2-c2nn[nH]n2)cc1. The molecule has 2 aromatic carbocycles. The van der Waals surface area contributed by atoms with Gasteiger partial charge in [-0.25, -0.2) is 4.79 Å². The standard InChI is InChI=1S/C25H28N6O2/c1-5-6-15-31(4)23(21(25(32)33)22(28-31)16(2)3)18-13-11-17(12-14-18)19-9-7-8-10-20(19)24-26-29-30-27-24/h7-14,16H,5-6,15H2,1-4H3,(H-,26,27,28,29,30,32,33)/p+1. The van der Waals surface area contributed by atoms with Gasteiger partial charge in [-0.15, -0.1) is 10.2 Å². The molecule has 170 valence electrons. The highest BCUT2D eigenvalue weighted by Gasteiger charge is 2.44. The lowest BCUT2D eigenvalue weighted by Crippen LogP contribution is -2.36. The fourth-order valence-corrected chi connectivity index (χ4v) is 4.38. The number of nitrogens with zero attached hydrogens (tertiary/aromatic N) is 5. The molecular formula is C25H29N6O2+. The van der Waals surface area contributed by atoms with Gasteiger partial charge in [-0.1, -0.05) is 68.7 Å². The van der Waals surface area contributed by atoms with E-state index in [2.05, 4.69) is 27.5 Å². The van der Waals surface area contributed by atoms with E-state index in [1.807, 2.05) is 69.4 Å². The summed E-state index contributed by atoms with van der Waals surface area (Å²) in [5.41, 5.74) is 5.43. The first kappa shape index (κ1) is 22.5. The van der Waals surface area contributed by atoms with Crippen LogP contribution in [0.2, 0.25) is 0 Å². The van der Waals surface area contributed by atoms with Crippen molar-refractivity contribution in [1.29, 1.82) is 0 Å². The zero-order valence-electron chi connectivity index (χ0n) is 19.4. The van der Waals surface area contributed by atoms with Crippen LogP contribution in [0, 0.1) is 5.92 Å². The number of carboxylic acids is 1. The molecule has 1 aliphatic heterocycles. The summed E-state index contributed by atoms with van der Waals surface area (Å²) in [5.74, 6) is -0.378. The third-order valence-corrected chi connectivity index (χ3v) is 5.99. The molecule has 4 rings (SSSR count). The number of nitrogens with one attached hydrogen (secondary N) is 1. The Hall–Kier alpha value is -3.65. The fraction of sp³-hybridized carbons (Fsp3) is 0.320. The molecule has 0 bridgehead atoms. The number of aromatic amines is 1. The molecule has 1 aromatic heterocycles. The van der Waals surface area contributed by atoms with Gasteiger partial charge in [0.15, 0.2) is 11.3 Å². The first-order valence-corrected chi connectivity index (χ1v) is 11.2. The predicted octanol–water partition coefficient (Wildman–Crippen LogP) is 4.60. The molecule has 0 radical (unpaired) electrons. The summed E-state index contributed by atoms with van der Waals surface area (Å²) in [6.45, 7) is 6.87. The Bertz CT molecular complexity index is 1210. The maximum absolute atomic E-state index is 12.4. The quantitative estimate of drug-likeness (QED) is 0.493. The van der Waals surface area contributed by atoms with Crippen molar-refractivity contribution < 1.29 is 14.5 Å². The van der Waals surface area contributed by atoms with E-state index in [4.69, 9.17) is 5.10 Å². The maximum atomic E-state index is 12.4. The molecule has 0 saturated carbocycles. The lowest BCUT2D eigenvalue weighted by Gasteiger charge is -2.27. The minimum Gasteiger partial charge on any atom is -0.477 e. The van der Waals surface area contributed by atoms with Gasteiger partial charge in [0.25, 0.3) is 0 Å². The molecule has 0 saturated heterocycles. The number of rotatable bonds is 8. The summed E-state index contributed by atoms with van der Waals surface area (Å²) in [6, 6.07) is 15.9. The second-order valence-electron chi connectivity index (χ2n) is 8.74. The Kier molecular flexibility index (Phi) is 6.20. The van der Waals surface area contributed by atoms with Gasteiger partial charge in [-0.2, -0.15) is 9.81 Å². The molecule has 33 heavy (non-hydrogen) atoms. The van der Waals surface area contributed by atoms with Crippen LogP contribution in [0.15, 0.2) is 59.2 Å². The normalized spacial score (nSPS) is 18.2. The van der Waals surface area contributed by atoms with Crippen LogP contribution in [0.5, 0.6) is 0 Å². The van der Waals surface area contributed by atoms with E-state index in [1.165, 1.54) is 0 Å². The van der Waals surface area contributed by atoms with Gasteiger partial charge < -0.3 is 5.11 Å². The summed E-state index contributed by atoms with van der Waals surface area (Å²) in [7, 11) is 2.00. The van der Waals surface area contributed by atoms with Crippen molar-refractivity contribution in [2.45, 2.75) is 33.6 Å². The second-order valence-corrected chi connectivity index (χ2v) is 8.74. The van der Waals surface area contributed by atoms with E-state index < -0.39 is 5.97 Å². The van der Waals surface area contributed by atoms with Crippen LogP contribution < -0.4 is 0 Å². The van der Waals surface area contributed by atoms with Crippen molar-refractivity contribution in [3.05, 3.63) is 59.7 Å². The molecule has 8 heteroatoms. The second kappa shape index (κ2) is 9.07. The number of hydrogen-bond donors (Lipinski definition) is 2. The number of quaternary nitrogens is 1. The minimum absolute atomic E-state index is 0.0220. The topological polar surface area (TPSA) is 104 Å². The minimum atomic E-state index is -0.928. The Balaban J connectivity index is 1.80. The van der Waals surface area contributed by atoms with Crippen LogP contribution >= 0.6 is 0 Å². The third-order valence-electron chi connectivity index (χ3n) is 5.99. The van der Waals surface area contributed by atoms with Gasteiger partial charge in [-0.05, 0) is 34.9 Å². The molecule has 2 N–H and O–H groups in total. The number of tetrazole rings is 1. The molecule has 8 nitrogen and oxygen atoms in total. The van der Waals surface area contributed by atoms with Crippen molar-refractivity contribution in [2.75, 3.05) is 13.6 Å². The van der Waals surface area contributed by atoms with E-state index in [0.29, 0.717) is 17.1 Å². The van der Waals surface area contributed by atoms with Gasteiger partial charge in [0.05, 0.1) is 7.05 Å². The molecule has 2 heterocycles. The number of benzene rings is 2. The largest absolute Gasteiger partial charge is 0.477 e. The fourth-order valence-electron chi connectivity index (χ4n) is 4.38. The highest BCUT2D eigenvalue weighted by molar-refractivity contribution is 6.25. The number of unbranched alkanes of at least 4 members (excludes halogenated alkanes) is 1. The molecule has 1 aliphatic rings. The average Bonchev–Trinajstić information content (AvgIpc) is 3.45. The molecule has 0 amide bonds. The Morgan fingerprint density at radius 3 is 2.30 bits per heavy atom. The zero-order chi connectivity index (χ0) is 23.6. The summed E-state index contributed by atoms with van der Waals surface area (Å²) in [4.78, 5) is 12.4. The van der Waals surface area contributed by atoms with E-state index in [1.54, 1.807) is 0 Å². The van der Waals surface area contributed by atoms with Gasteiger partial charge in [-0.3, -0.25) is 0 Å². The van der Waals surface area contributed by atoms with E-state index in [-0.39, 0.29) is 10.5 Å². The number of H-pyrrole nitrogens is 1. The van der Waals surface area contributed by atoms with Crippen LogP contribution in [0.4, 0.5) is 0 Å². The molecule has 1 unspecified atom stereocenters. The number of aliphatic carboxylic acids is 1. The van der Waals surface area contributed by atoms with Crippen LogP contribution in [0.25, 0.3) is 28.2 Å². The molecule has 0 fully saturated rings. The van der Waals surface area contributed by atoms with Crippen LogP contribution in [0.1, 0.15) is 39.2 Å². The van der Waals surface area contributed by atoms with E-state index >= 15 is 0 Å². The summed E-state index contributed by atoms with van der Waals surface area (Å²) in [5, 5.41) is 29.5. The molecule has 3 aromatic rings. The third kappa shape index (κ3) is 4.21. The number of aromatic nitrogens is 4. The van der Waals surface area contributed by atoms with Crippen molar-refractivity contribution in [3.63, 3.8) is 0 Å². The van der Waals surface area contributed by atoms with Gasteiger partial charge >= 0.3 is 5.97 Å². The average molecular weight is 446 g/mol. The van der Waals surface area contributed by atoms with Crippen LogP contribution in [-0.2, 0) is 4.79 Å². The monoisotopic (exact) mass is 445 g/mol. The number of carbonyl (C=O) groups is 1. The van der Waals surface area contributed by atoms with Crippen molar-refractivity contribution in [1.82, 2.24) is 20.6 Å². The zero-order valence-corrected chi connectivity index (χ0v) is 19.4. The van der Waals surface area contributed by atoms with Gasteiger partial charge in [0, 0.05) is 17.0 Å². The van der Waals surface area contributed by atoms with Crippen LogP contribution in [-0.4, -0.2) is 55.6 Å². The smallest absolute Gasteiger partial charge is 0.344 e. The first-order valence-electron chi connectivity index (χ1n) is 11.2. The highest BCUT2D eigenvalue weighted by Crippen LogP contribution is 2.39. The molecule has 1 atom stereocenters. The Labute approximate surface area is 193 Å². The first-order chi connectivity index (χ1) is 15.9. The van der Waals surface area contributed by atoms with E-state index in [9.17, 15) is 9.90 Å². The molecule has 0 spiro atoms. The predicted molar refractivity (Wildman–Crippen MR) is 128 cm³/mol. The van der Waals surface area contributed by atoms with Crippen LogP contribution in [0.3, 0.4) is 0 Å². The molecular weight excluding hydrogens is 416 g/mol. The van der Waals surface area contributed by atoms with E-state index in [0.717, 1.165) is 47.3 Å². The summed E-state index contributed by atoms with van der Waals surface area (Å²) >= 11 is 0. The van der Waals surface area contributed by atoms with Crippen molar-refractivity contribution >= 4 is 17.4 Å². The van der Waals surface area contributed by atoms with Gasteiger partial charge in [0.2, 0.25) is 5.82 Å². The van der Waals surface area contributed by atoms with Crippen molar-refractivity contribution in [3.8, 4) is 22.5 Å². The lowest BCUT2D eigenvalue weighted by molar-refractivity contribution is -0.844. The highest BCUT2D eigenvalue weighted by atomic mass is 16.4. The Morgan fingerprint density at radius 1 is 1.06 bits per heavy atom.